The van der Waals surface area contributed by atoms with Gasteiger partial charge in [-0.3, -0.25) is 9.59 Å². The summed E-state index contributed by atoms with van der Waals surface area (Å²) < 4.78 is 5.17. The molecule has 3 aromatic rings. The lowest BCUT2D eigenvalue weighted by molar-refractivity contribution is -0.122. The van der Waals surface area contributed by atoms with E-state index < -0.39 is 5.92 Å². The first-order valence-electron chi connectivity index (χ1n) is 11.2. The molecule has 2 aromatic carbocycles. The van der Waals surface area contributed by atoms with Gasteiger partial charge in [-0.2, -0.15) is 0 Å². The molecular weight excluding hydrogens is 432 g/mol. The molecule has 2 amide bonds. The maximum atomic E-state index is 12.8. The molecule has 0 aliphatic carbocycles. The Labute approximate surface area is 198 Å². The molecule has 1 aliphatic rings. The van der Waals surface area contributed by atoms with Gasteiger partial charge in [0.15, 0.2) is 0 Å². The Morgan fingerprint density at radius 1 is 1.06 bits per heavy atom. The Bertz CT molecular complexity index is 1160. The van der Waals surface area contributed by atoms with Crippen molar-refractivity contribution in [2.45, 2.75) is 20.3 Å². The summed E-state index contributed by atoms with van der Waals surface area (Å²) in [6, 6.07) is 16.5. The Kier molecular flexibility index (Phi) is 6.91. The summed E-state index contributed by atoms with van der Waals surface area (Å²) in [4.78, 5) is 35.7. The predicted molar refractivity (Wildman–Crippen MR) is 133 cm³/mol. The second-order valence-electron chi connectivity index (χ2n) is 8.01. The van der Waals surface area contributed by atoms with Crippen LogP contribution in [0.25, 0.3) is 0 Å². The largest absolute Gasteiger partial charge is 0.497 e. The van der Waals surface area contributed by atoms with E-state index in [9.17, 15) is 9.59 Å². The highest BCUT2D eigenvalue weighted by Crippen LogP contribution is 2.28. The number of rotatable bonds is 8. The summed E-state index contributed by atoms with van der Waals surface area (Å²) in [6.45, 7) is 4.97. The molecule has 1 atom stereocenters. The minimum Gasteiger partial charge on any atom is -0.497 e. The Morgan fingerprint density at radius 2 is 1.74 bits per heavy atom. The van der Waals surface area contributed by atoms with E-state index in [4.69, 9.17) is 4.74 Å². The molecule has 1 saturated heterocycles. The first-order valence-corrected chi connectivity index (χ1v) is 11.2. The smallest absolute Gasteiger partial charge is 0.229 e. The van der Waals surface area contributed by atoms with Gasteiger partial charge in [0.05, 0.1) is 13.0 Å². The molecule has 1 fully saturated rings. The monoisotopic (exact) mass is 460 g/mol. The molecule has 2 heterocycles. The number of aryl methyl sites for hydroxylation is 1. The van der Waals surface area contributed by atoms with Crippen LogP contribution in [0.3, 0.4) is 0 Å². The Hall–Kier alpha value is -4.14. The van der Waals surface area contributed by atoms with Crippen LogP contribution in [0.2, 0.25) is 0 Å². The van der Waals surface area contributed by atoms with Gasteiger partial charge in [0.25, 0.3) is 0 Å². The summed E-state index contributed by atoms with van der Waals surface area (Å²) in [5.74, 6) is 2.17. The first kappa shape index (κ1) is 23.0. The third-order valence-corrected chi connectivity index (χ3v) is 5.50. The SMILES string of the molecule is CCNc1cc(Nc2ccc(NC(=O)C3CC(=O)N(c4ccc(OC)cc4)C3)cc2)nc(C)n1. The summed E-state index contributed by atoms with van der Waals surface area (Å²) in [7, 11) is 1.59. The number of hydrogen-bond acceptors (Lipinski definition) is 7. The first-order chi connectivity index (χ1) is 16.4. The highest BCUT2D eigenvalue weighted by atomic mass is 16.5. The molecule has 9 nitrogen and oxygen atoms in total. The number of nitrogens with one attached hydrogen (secondary N) is 3. The summed E-state index contributed by atoms with van der Waals surface area (Å²) >= 11 is 0. The number of amides is 2. The van der Waals surface area contributed by atoms with Gasteiger partial charge in [-0.1, -0.05) is 0 Å². The molecule has 176 valence electrons. The van der Waals surface area contributed by atoms with E-state index in [0.717, 1.165) is 29.5 Å². The zero-order chi connectivity index (χ0) is 24.1. The molecule has 3 N–H and O–H groups in total. The van der Waals surface area contributed by atoms with E-state index in [-0.39, 0.29) is 18.2 Å². The van der Waals surface area contributed by atoms with E-state index in [1.54, 1.807) is 24.1 Å². The molecule has 4 rings (SSSR count). The van der Waals surface area contributed by atoms with Gasteiger partial charge in [0, 0.05) is 42.6 Å². The lowest BCUT2D eigenvalue weighted by Crippen LogP contribution is -2.28. The molecule has 0 spiro atoms. The number of nitrogens with zero attached hydrogens (tertiary/aromatic N) is 3. The third-order valence-electron chi connectivity index (χ3n) is 5.50. The average molecular weight is 461 g/mol. The van der Waals surface area contributed by atoms with Gasteiger partial charge < -0.3 is 25.6 Å². The number of methoxy groups -OCH3 is 1. The van der Waals surface area contributed by atoms with Crippen molar-refractivity contribution in [3.63, 3.8) is 0 Å². The number of hydrogen-bond donors (Lipinski definition) is 3. The van der Waals surface area contributed by atoms with Crippen molar-refractivity contribution in [3.05, 3.63) is 60.4 Å². The van der Waals surface area contributed by atoms with E-state index in [1.807, 2.05) is 56.3 Å². The van der Waals surface area contributed by atoms with Crippen molar-refractivity contribution in [3.8, 4) is 5.75 Å². The van der Waals surface area contributed by atoms with Gasteiger partial charge in [-0.15, -0.1) is 0 Å². The topological polar surface area (TPSA) is 108 Å². The fourth-order valence-electron chi connectivity index (χ4n) is 3.83. The minimum absolute atomic E-state index is 0.0676. The van der Waals surface area contributed by atoms with Gasteiger partial charge in [-0.25, -0.2) is 9.97 Å². The Balaban J connectivity index is 1.36. The van der Waals surface area contributed by atoms with Crippen molar-refractivity contribution in [2.75, 3.05) is 41.0 Å². The standard InChI is InChI=1S/C25H28N6O3/c1-4-26-22-14-23(28-16(2)27-22)29-18-5-7-19(8-6-18)30-25(33)17-13-24(32)31(15-17)20-9-11-21(34-3)12-10-20/h5-12,14,17H,4,13,15H2,1-3H3,(H,30,33)(H2,26,27,28,29). The quantitative estimate of drug-likeness (QED) is 0.467. The van der Waals surface area contributed by atoms with E-state index >= 15 is 0 Å². The molecule has 0 radical (unpaired) electrons. The van der Waals surface area contributed by atoms with Crippen LogP contribution in [0.1, 0.15) is 19.2 Å². The zero-order valence-corrected chi connectivity index (χ0v) is 19.5. The molecule has 0 saturated carbocycles. The Morgan fingerprint density at radius 3 is 2.41 bits per heavy atom. The van der Waals surface area contributed by atoms with Crippen molar-refractivity contribution in [1.29, 1.82) is 0 Å². The van der Waals surface area contributed by atoms with Gasteiger partial charge in [0.1, 0.15) is 23.2 Å². The highest BCUT2D eigenvalue weighted by molar-refractivity contribution is 6.03. The number of aromatic nitrogens is 2. The van der Waals surface area contributed by atoms with Crippen molar-refractivity contribution in [1.82, 2.24) is 9.97 Å². The predicted octanol–water partition coefficient (Wildman–Crippen LogP) is 3.96. The van der Waals surface area contributed by atoms with Crippen LogP contribution < -0.4 is 25.6 Å². The number of carbonyl (C=O) groups excluding carboxylic acids is 2. The summed E-state index contributed by atoms with van der Waals surface area (Å²) in [6.07, 6.45) is 0.179. The third kappa shape index (κ3) is 5.43. The van der Waals surface area contributed by atoms with Crippen LogP contribution in [-0.4, -0.2) is 42.0 Å². The lowest BCUT2D eigenvalue weighted by atomic mass is 10.1. The normalized spacial score (nSPS) is 15.2. The number of ether oxygens (including phenoxy) is 1. The van der Waals surface area contributed by atoms with E-state index in [1.165, 1.54) is 0 Å². The van der Waals surface area contributed by atoms with Crippen molar-refractivity contribution >= 4 is 40.5 Å². The summed E-state index contributed by atoms with van der Waals surface area (Å²) in [5, 5.41) is 9.35. The van der Waals surface area contributed by atoms with E-state index in [2.05, 4.69) is 25.9 Å². The average Bonchev–Trinajstić information content (AvgIpc) is 3.22. The fourth-order valence-corrected chi connectivity index (χ4v) is 3.83. The molecular formula is C25H28N6O3. The number of benzene rings is 2. The van der Waals surface area contributed by atoms with E-state index in [0.29, 0.717) is 23.9 Å². The van der Waals surface area contributed by atoms with Gasteiger partial charge >= 0.3 is 0 Å². The number of anilines is 5. The van der Waals surface area contributed by atoms with Crippen LogP contribution in [0.4, 0.5) is 28.7 Å². The van der Waals surface area contributed by atoms with Crippen molar-refractivity contribution < 1.29 is 14.3 Å². The second kappa shape index (κ2) is 10.2. The van der Waals surface area contributed by atoms with Crippen LogP contribution in [-0.2, 0) is 9.59 Å². The van der Waals surface area contributed by atoms with Gasteiger partial charge in [0.2, 0.25) is 11.8 Å². The number of carbonyl (C=O) groups is 2. The second-order valence-corrected chi connectivity index (χ2v) is 8.01. The van der Waals surface area contributed by atoms with Crippen LogP contribution in [0, 0.1) is 12.8 Å². The van der Waals surface area contributed by atoms with Crippen LogP contribution in [0.5, 0.6) is 5.75 Å². The minimum atomic E-state index is -0.416. The molecule has 1 aliphatic heterocycles. The fraction of sp³-hybridized carbons (Fsp3) is 0.280. The van der Waals surface area contributed by atoms with Crippen molar-refractivity contribution in [2.24, 2.45) is 5.92 Å². The molecule has 9 heteroatoms. The van der Waals surface area contributed by atoms with Gasteiger partial charge in [-0.05, 0) is 62.4 Å². The maximum absolute atomic E-state index is 12.8. The maximum Gasteiger partial charge on any atom is 0.229 e. The lowest BCUT2D eigenvalue weighted by Gasteiger charge is -2.17. The zero-order valence-electron chi connectivity index (χ0n) is 19.5. The summed E-state index contributed by atoms with van der Waals surface area (Å²) in [5.41, 5.74) is 2.26. The molecule has 1 aromatic heterocycles. The molecule has 1 unspecified atom stereocenters. The van der Waals surface area contributed by atoms with Crippen LogP contribution in [0.15, 0.2) is 54.6 Å². The molecule has 34 heavy (non-hydrogen) atoms. The van der Waals surface area contributed by atoms with Crippen LogP contribution >= 0.6 is 0 Å². The highest BCUT2D eigenvalue weighted by Gasteiger charge is 2.35. The molecule has 0 bridgehead atoms.